The number of nitrogens with one attached hydrogen (secondary N) is 2. The molecule has 2 aliphatic rings. The first-order valence-electron chi connectivity index (χ1n) is 10.0. The molecule has 0 radical (unpaired) electrons. The van der Waals surface area contributed by atoms with E-state index in [0.29, 0.717) is 26.2 Å². The molecule has 1 saturated heterocycles. The Bertz CT molecular complexity index is 886. The van der Waals surface area contributed by atoms with Gasteiger partial charge < -0.3 is 24.8 Å². The lowest BCUT2D eigenvalue weighted by Gasteiger charge is -2.39. The van der Waals surface area contributed by atoms with Crippen LogP contribution in [0, 0.1) is 0 Å². The van der Waals surface area contributed by atoms with Gasteiger partial charge >= 0.3 is 6.09 Å². The van der Waals surface area contributed by atoms with Crippen molar-refractivity contribution in [2.24, 2.45) is 4.99 Å². The maximum absolute atomic E-state index is 12.3. The topological polar surface area (TPSA) is 85.9 Å². The Morgan fingerprint density at radius 1 is 1.28 bits per heavy atom. The number of rotatable bonds is 3. The summed E-state index contributed by atoms with van der Waals surface area (Å²) < 4.78 is 5.50. The van der Waals surface area contributed by atoms with Crippen LogP contribution >= 0.6 is 0 Å². The number of H-pyrrole nitrogens is 1. The van der Waals surface area contributed by atoms with Crippen LogP contribution in [0.15, 0.2) is 41.5 Å². The lowest BCUT2D eigenvalue weighted by Crippen LogP contribution is -2.57. The number of carbonyl (C=O) groups excluding carboxylic acids is 1. The van der Waals surface area contributed by atoms with Crippen molar-refractivity contribution in [3.63, 3.8) is 0 Å². The van der Waals surface area contributed by atoms with Gasteiger partial charge in [0.2, 0.25) is 0 Å². The van der Waals surface area contributed by atoms with Crippen LogP contribution in [-0.4, -0.2) is 69.6 Å². The van der Waals surface area contributed by atoms with Gasteiger partial charge in [-0.05, 0) is 26.3 Å². The van der Waals surface area contributed by atoms with E-state index in [4.69, 9.17) is 4.74 Å². The molecule has 1 amide bonds. The van der Waals surface area contributed by atoms with E-state index < -0.39 is 5.60 Å². The van der Waals surface area contributed by atoms with Crippen LogP contribution in [0.25, 0.3) is 11.3 Å². The summed E-state index contributed by atoms with van der Waals surface area (Å²) >= 11 is 0. The molecule has 2 aliphatic heterocycles. The Balaban J connectivity index is 1.30. The number of benzene rings is 1. The third kappa shape index (κ3) is 4.52. The van der Waals surface area contributed by atoms with E-state index in [-0.39, 0.29) is 12.1 Å². The van der Waals surface area contributed by atoms with E-state index >= 15 is 0 Å². The van der Waals surface area contributed by atoms with Crippen molar-refractivity contribution < 1.29 is 9.53 Å². The summed E-state index contributed by atoms with van der Waals surface area (Å²) in [5, 5.41) is 3.39. The number of fused-ring (bicyclic) bond motifs is 1. The number of guanidine groups is 1. The number of hydrogen-bond donors (Lipinski definition) is 2. The van der Waals surface area contributed by atoms with E-state index in [0.717, 1.165) is 29.6 Å². The van der Waals surface area contributed by atoms with Crippen molar-refractivity contribution in [2.45, 2.75) is 39.0 Å². The maximum Gasteiger partial charge on any atom is 0.410 e. The predicted octanol–water partition coefficient (Wildman–Crippen LogP) is 2.46. The van der Waals surface area contributed by atoms with Gasteiger partial charge in [-0.25, -0.2) is 9.78 Å². The molecule has 8 nitrogen and oxygen atoms in total. The summed E-state index contributed by atoms with van der Waals surface area (Å²) in [6.07, 6.45) is 1.60. The molecule has 154 valence electrons. The summed E-state index contributed by atoms with van der Waals surface area (Å²) in [5.74, 6) is 1.74. The molecule has 0 saturated carbocycles. The second-order valence-electron chi connectivity index (χ2n) is 8.40. The molecule has 1 atom stereocenters. The first kappa shape index (κ1) is 19.3. The second kappa shape index (κ2) is 7.77. The molecule has 2 aromatic rings. The van der Waals surface area contributed by atoms with Crippen LogP contribution < -0.4 is 5.32 Å². The van der Waals surface area contributed by atoms with Gasteiger partial charge in [0.15, 0.2) is 5.96 Å². The number of nitrogens with zero attached hydrogens (tertiary/aromatic N) is 4. The highest BCUT2D eigenvalue weighted by Crippen LogP contribution is 2.19. The highest BCUT2D eigenvalue weighted by atomic mass is 16.6. The molecule has 1 aromatic heterocycles. The van der Waals surface area contributed by atoms with Crippen molar-refractivity contribution in [2.75, 3.05) is 26.2 Å². The quantitative estimate of drug-likeness (QED) is 0.832. The van der Waals surface area contributed by atoms with E-state index in [1.165, 1.54) is 0 Å². The molecule has 4 rings (SSSR count). The fraction of sp³-hybridized carbons (Fsp3) is 0.476. The number of ether oxygens (including phenoxy) is 1. The van der Waals surface area contributed by atoms with Crippen LogP contribution in [0.2, 0.25) is 0 Å². The van der Waals surface area contributed by atoms with Crippen molar-refractivity contribution in [3.05, 3.63) is 42.4 Å². The second-order valence-corrected chi connectivity index (χ2v) is 8.40. The van der Waals surface area contributed by atoms with E-state index in [9.17, 15) is 4.79 Å². The van der Waals surface area contributed by atoms with Gasteiger partial charge in [0.05, 0.1) is 31.0 Å². The zero-order chi connectivity index (χ0) is 20.4. The smallest absolute Gasteiger partial charge is 0.410 e. The summed E-state index contributed by atoms with van der Waals surface area (Å²) in [7, 11) is 0. The highest BCUT2D eigenvalue weighted by Gasteiger charge is 2.36. The number of imidazole rings is 1. The minimum Gasteiger partial charge on any atom is -0.444 e. The van der Waals surface area contributed by atoms with Gasteiger partial charge in [-0.15, -0.1) is 0 Å². The number of piperazine rings is 1. The van der Waals surface area contributed by atoms with Gasteiger partial charge in [-0.3, -0.25) is 4.99 Å². The largest absolute Gasteiger partial charge is 0.444 e. The third-order valence-electron chi connectivity index (χ3n) is 4.99. The minimum atomic E-state index is -0.477. The van der Waals surface area contributed by atoms with E-state index in [1.807, 2.05) is 45.2 Å². The average Bonchev–Trinajstić information content (AvgIpc) is 3.32. The van der Waals surface area contributed by atoms with Gasteiger partial charge in [0.25, 0.3) is 0 Å². The Kier molecular flexibility index (Phi) is 5.17. The molecule has 0 aliphatic carbocycles. The average molecular weight is 396 g/mol. The first-order chi connectivity index (χ1) is 13.9. The normalized spacial score (nSPS) is 19.0. The lowest BCUT2D eigenvalue weighted by molar-refractivity contribution is 0.0137. The fourth-order valence-corrected chi connectivity index (χ4v) is 3.60. The number of hydrogen-bond acceptors (Lipinski definition) is 6. The van der Waals surface area contributed by atoms with Gasteiger partial charge in [-0.1, -0.05) is 30.3 Å². The molecule has 1 fully saturated rings. The van der Waals surface area contributed by atoms with Crippen LogP contribution in [0.3, 0.4) is 0 Å². The summed E-state index contributed by atoms with van der Waals surface area (Å²) in [6, 6.07) is 10.3. The zero-order valence-electron chi connectivity index (χ0n) is 17.2. The molecule has 0 bridgehead atoms. The SMILES string of the molecule is CC(C)(C)OC(=O)N1CCN2C(NCc3ncc(-c4ccccc4)[nH]3)=NCC2C1. The van der Waals surface area contributed by atoms with Gasteiger partial charge in [0.1, 0.15) is 11.4 Å². The molecular weight excluding hydrogens is 368 g/mol. The predicted molar refractivity (Wildman–Crippen MR) is 111 cm³/mol. The van der Waals surface area contributed by atoms with Crippen LogP contribution in [0.4, 0.5) is 4.79 Å². The van der Waals surface area contributed by atoms with Gasteiger partial charge in [0, 0.05) is 19.6 Å². The van der Waals surface area contributed by atoms with Crippen LogP contribution in [-0.2, 0) is 11.3 Å². The van der Waals surface area contributed by atoms with Crippen molar-refractivity contribution in [1.82, 2.24) is 25.1 Å². The fourth-order valence-electron chi connectivity index (χ4n) is 3.60. The van der Waals surface area contributed by atoms with Gasteiger partial charge in [-0.2, -0.15) is 0 Å². The minimum absolute atomic E-state index is 0.190. The maximum atomic E-state index is 12.3. The number of aromatic amines is 1. The molecule has 3 heterocycles. The number of aliphatic imine (C=N–C) groups is 1. The monoisotopic (exact) mass is 396 g/mol. The molecule has 2 N–H and O–H groups in total. The molecule has 0 spiro atoms. The molecule has 8 heteroatoms. The molecule has 29 heavy (non-hydrogen) atoms. The number of carbonyl (C=O) groups is 1. The summed E-state index contributed by atoms with van der Waals surface area (Å²) in [6.45, 7) is 8.91. The lowest BCUT2D eigenvalue weighted by atomic mass is 10.2. The first-order valence-corrected chi connectivity index (χ1v) is 10.0. The number of amides is 1. The standard InChI is InChI=1S/C21H28N6O2/c1-21(2,3)29-20(28)26-9-10-27-16(14-26)11-23-19(27)24-13-18-22-12-17(25-18)15-7-5-4-6-8-15/h4-8,12,16H,9-11,13-14H2,1-3H3,(H,22,25)(H,23,24). The van der Waals surface area contributed by atoms with Crippen LogP contribution in [0.1, 0.15) is 26.6 Å². The van der Waals surface area contributed by atoms with Crippen LogP contribution in [0.5, 0.6) is 0 Å². The van der Waals surface area contributed by atoms with E-state index in [2.05, 4.69) is 37.3 Å². The molecule has 1 aromatic carbocycles. The molecule has 1 unspecified atom stereocenters. The zero-order valence-corrected chi connectivity index (χ0v) is 17.2. The Morgan fingerprint density at radius 3 is 2.83 bits per heavy atom. The highest BCUT2D eigenvalue weighted by molar-refractivity contribution is 5.82. The summed E-state index contributed by atoms with van der Waals surface area (Å²) in [4.78, 5) is 28.8. The van der Waals surface area contributed by atoms with Crippen molar-refractivity contribution in [3.8, 4) is 11.3 Å². The van der Waals surface area contributed by atoms with Crippen molar-refractivity contribution >= 4 is 12.1 Å². The summed E-state index contributed by atoms with van der Waals surface area (Å²) in [5.41, 5.74) is 1.64. The van der Waals surface area contributed by atoms with Crippen molar-refractivity contribution in [1.29, 1.82) is 0 Å². The Hall–Kier alpha value is -3.03. The Morgan fingerprint density at radius 2 is 2.07 bits per heavy atom. The number of aromatic nitrogens is 2. The van der Waals surface area contributed by atoms with E-state index in [1.54, 1.807) is 4.90 Å². The third-order valence-corrected chi connectivity index (χ3v) is 4.99. The Labute approximate surface area is 171 Å². The molecular formula is C21H28N6O2.